The highest BCUT2D eigenvalue weighted by molar-refractivity contribution is 6.29. The van der Waals surface area contributed by atoms with E-state index in [1.54, 1.807) is 30.5 Å². The summed E-state index contributed by atoms with van der Waals surface area (Å²) >= 11 is 5.67. The molecule has 3 heteroatoms. The van der Waals surface area contributed by atoms with Gasteiger partial charge in [-0.1, -0.05) is 48.0 Å². The van der Waals surface area contributed by atoms with E-state index in [-0.39, 0.29) is 5.78 Å². The molecule has 0 amide bonds. The van der Waals surface area contributed by atoms with Crippen molar-refractivity contribution in [3.63, 3.8) is 0 Å². The summed E-state index contributed by atoms with van der Waals surface area (Å²) in [6.07, 6.45) is 4.87. The van der Waals surface area contributed by atoms with Crippen molar-refractivity contribution in [3.8, 4) is 0 Å². The lowest BCUT2D eigenvalue weighted by atomic mass is 10.1. The highest BCUT2D eigenvalue weighted by atomic mass is 35.5. The van der Waals surface area contributed by atoms with Crippen molar-refractivity contribution >= 4 is 23.5 Å². The van der Waals surface area contributed by atoms with Gasteiger partial charge in [0.25, 0.3) is 0 Å². The first-order valence-electron chi connectivity index (χ1n) is 5.15. The van der Waals surface area contributed by atoms with Gasteiger partial charge in [0.1, 0.15) is 5.15 Å². The van der Waals surface area contributed by atoms with Crippen molar-refractivity contribution in [1.82, 2.24) is 4.98 Å². The molecule has 2 rings (SSSR count). The molecule has 0 spiro atoms. The Morgan fingerprint density at radius 2 is 1.88 bits per heavy atom. The topological polar surface area (TPSA) is 30.0 Å². The van der Waals surface area contributed by atoms with Crippen LogP contribution in [-0.4, -0.2) is 10.8 Å². The summed E-state index contributed by atoms with van der Waals surface area (Å²) in [5, 5.41) is 0.441. The molecular weight excluding hydrogens is 234 g/mol. The third kappa shape index (κ3) is 3.26. The van der Waals surface area contributed by atoms with Crippen LogP contribution in [0.4, 0.5) is 0 Å². The van der Waals surface area contributed by atoms with Crippen LogP contribution in [0.25, 0.3) is 6.08 Å². The maximum atomic E-state index is 11.8. The predicted molar refractivity (Wildman–Crippen MR) is 69.1 cm³/mol. The highest BCUT2D eigenvalue weighted by Crippen LogP contribution is 2.08. The zero-order valence-corrected chi connectivity index (χ0v) is 9.76. The zero-order valence-electron chi connectivity index (χ0n) is 9.01. The van der Waals surface area contributed by atoms with E-state index in [2.05, 4.69) is 4.98 Å². The molecule has 0 aliphatic carbocycles. The standard InChI is InChI=1S/C14H10ClNO/c15-14-9-7-11(10-16-14)6-8-13(17)12-4-2-1-3-5-12/h1-10H. The van der Waals surface area contributed by atoms with Gasteiger partial charge in [-0.3, -0.25) is 4.79 Å². The maximum absolute atomic E-state index is 11.8. The predicted octanol–water partition coefficient (Wildman–Crippen LogP) is 3.63. The summed E-state index contributed by atoms with van der Waals surface area (Å²) < 4.78 is 0. The summed E-state index contributed by atoms with van der Waals surface area (Å²) in [5.41, 5.74) is 1.52. The Labute approximate surface area is 105 Å². The van der Waals surface area contributed by atoms with Gasteiger partial charge in [-0.15, -0.1) is 0 Å². The summed E-state index contributed by atoms with van der Waals surface area (Å²) in [7, 11) is 0. The molecule has 0 saturated carbocycles. The fraction of sp³-hybridized carbons (Fsp3) is 0. The molecule has 0 aliphatic heterocycles. The second kappa shape index (κ2) is 5.41. The Morgan fingerprint density at radius 3 is 2.53 bits per heavy atom. The fourth-order valence-electron chi connectivity index (χ4n) is 1.36. The number of hydrogen-bond acceptors (Lipinski definition) is 2. The number of aromatic nitrogens is 1. The molecule has 0 N–H and O–H groups in total. The summed E-state index contributed by atoms with van der Waals surface area (Å²) in [4.78, 5) is 15.7. The Bertz CT molecular complexity index is 532. The van der Waals surface area contributed by atoms with Crippen LogP contribution in [0.3, 0.4) is 0 Å². The molecule has 1 aromatic heterocycles. The molecule has 0 bridgehead atoms. The van der Waals surface area contributed by atoms with Crippen LogP contribution in [0.1, 0.15) is 15.9 Å². The third-order valence-corrected chi connectivity index (χ3v) is 2.46. The molecule has 2 aromatic rings. The molecule has 0 aliphatic rings. The number of carbonyl (C=O) groups is 1. The molecule has 2 nitrogen and oxygen atoms in total. The molecule has 0 atom stereocenters. The van der Waals surface area contributed by atoms with Gasteiger partial charge in [0.05, 0.1) is 0 Å². The van der Waals surface area contributed by atoms with Gasteiger partial charge in [0.2, 0.25) is 0 Å². The van der Waals surface area contributed by atoms with Crippen LogP contribution >= 0.6 is 11.6 Å². The van der Waals surface area contributed by atoms with E-state index in [4.69, 9.17) is 11.6 Å². The number of rotatable bonds is 3. The molecular formula is C14H10ClNO. The molecule has 17 heavy (non-hydrogen) atoms. The van der Waals surface area contributed by atoms with Crippen molar-refractivity contribution in [3.05, 3.63) is 71.0 Å². The zero-order chi connectivity index (χ0) is 12.1. The van der Waals surface area contributed by atoms with Crippen LogP contribution in [-0.2, 0) is 0 Å². The van der Waals surface area contributed by atoms with E-state index in [1.165, 1.54) is 6.08 Å². The monoisotopic (exact) mass is 243 g/mol. The van der Waals surface area contributed by atoms with E-state index < -0.39 is 0 Å². The molecule has 0 saturated heterocycles. The van der Waals surface area contributed by atoms with E-state index in [1.807, 2.05) is 24.3 Å². The van der Waals surface area contributed by atoms with Crippen molar-refractivity contribution in [2.45, 2.75) is 0 Å². The molecule has 1 aromatic carbocycles. The number of benzene rings is 1. The van der Waals surface area contributed by atoms with Crippen LogP contribution in [0, 0.1) is 0 Å². The summed E-state index contributed by atoms with van der Waals surface area (Å²) in [6.45, 7) is 0. The average Bonchev–Trinajstić information content (AvgIpc) is 2.39. The van der Waals surface area contributed by atoms with E-state index in [0.29, 0.717) is 10.7 Å². The summed E-state index contributed by atoms with van der Waals surface area (Å²) in [6, 6.07) is 12.6. The van der Waals surface area contributed by atoms with Gasteiger partial charge >= 0.3 is 0 Å². The second-order valence-electron chi connectivity index (χ2n) is 3.48. The van der Waals surface area contributed by atoms with E-state index >= 15 is 0 Å². The molecule has 84 valence electrons. The lowest BCUT2D eigenvalue weighted by Gasteiger charge is -1.95. The van der Waals surface area contributed by atoms with Crippen molar-refractivity contribution < 1.29 is 4.79 Å². The SMILES string of the molecule is O=C(C=Cc1ccc(Cl)nc1)c1ccccc1. The summed E-state index contributed by atoms with van der Waals surface area (Å²) in [5.74, 6) is -0.0273. The van der Waals surface area contributed by atoms with Gasteiger partial charge in [-0.2, -0.15) is 0 Å². The first kappa shape index (κ1) is 11.6. The number of ketones is 1. The fourth-order valence-corrected chi connectivity index (χ4v) is 1.47. The van der Waals surface area contributed by atoms with Crippen LogP contribution < -0.4 is 0 Å². The smallest absolute Gasteiger partial charge is 0.185 e. The minimum atomic E-state index is -0.0273. The first-order chi connectivity index (χ1) is 8.25. The van der Waals surface area contributed by atoms with Crippen LogP contribution in [0.5, 0.6) is 0 Å². The molecule has 0 fully saturated rings. The highest BCUT2D eigenvalue weighted by Gasteiger charge is 1.99. The Hall–Kier alpha value is -1.93. The van der Waals surface area contributed by atoms with Crippen LogP contribution in [0.2, 0.25) is 5.15 Å². The number of nitrogens with zero attached hydrogens (tertiary/aromatic N) is 1. The lowest BCUT2D eigenvalue weighted by Crippen LogP contribution is -1.92. The maximum Gasteiger partial charge on any atom is 0.185 e. The van der Waals surface area contributed by atoms with Crippen LogP contribution in [0.15, 0.2) is 54.7 Å². The van der Waals surface area contributed by atoms with Crippen molar-refractivity contribution in [1.29, 1.82) is 0 Å². The first-order valence-corrected chi connectivity index (χ1v) is 5.52. The Morgan fingerprint density at radius 1 is 1.12 bits per heavy atom. The normalized spacial score (nSPS) is 10.6. The van der Waals surface area contributed by atoms with Crippen molar-refractivity contribution in [2.24, 2.45) is 0 Å². The van der Waals surface area contributed by atoms with Gasteiger partial charge in [-0.05, 0) is 23.8 Å². The molecule has 0 unspecified atom stereocenters. The largest absolute Gasteiger partial charge is 0.289 e. The third-order valence-electron chi connectivity index (χ3n) is 2.24. The van der Waals surface area contributed by atoms with E-state index in [9.17, 15) is 4.79 Å². The second-order valence-corrected chi connectivity index (χ2v) is 3.87. The minimum Gasteiger partial charge on any atom is -0.289 e. The van der Waals surface area contributed by atoms with Gasteiger partial charge in [0, 0.05) is 11.8 Å². The quantitative estimate of drug-likeness (QED) is 0.468. The van der Waals surface area contributed by atoms with Crippen molar-refractivity contribution in [2.75, 3.05) is 0 Å². The number of allylic oxidation sites excluding steroid dienone is 1. The Balaban J connectivity index is 2.11. The molecule has 0 radical (unpaired) electrons. The minimum absolute atomic E-state index is 0.0273. The Kier molecular flexibility index (Phi) is 3.68. The number of pyridine rings is 1. The number of carbonyl (C=O) groups excluding carboxylic acids is 1. The lowest BCUT2D eigenvalue weighted by molar-refractivity contribution is 0.104. The van der Waals surface area contributed by atoms with Gasteiger partial charge in [0.15, 0.2) is 5.78 Å². The van der Waals surface area contributed by atoms with Gasteiger partial charge < -0.3 is 0 Å². The number of hydrogen-bond donors (Lipinski definition) is 0. The van der Waals surface area contributed by atoms with E-state index in [0.717, 1.165) is 5.56 Å². The average molecular weight is 244 g/mol. The molecule has 1 heterocycles. The number of halogens is 1. The van der Waals surface area contributed by atoms with Gasteiger partial charge in [-0.25, -0.2) is 4.98 Å².